The zero-order valence-corrected chi connectivity index (χ0v) is 10.7. The molecule has 0 radical (unpaired) electrons. The minimum Gasteiger partial charge on any atom is -0.324 e. The van der Waals surface area contributed by atoms with E-state index in [1.165, 1.54) is 0 Å². The molecule has 1 aromatic carbocycles. The first-order valence-electron chi connectivity index (χ1n) is 6.20. The van der Waals surface area contributed by atoms with Gasteiger partial charge in [-0.3, -0.25) is 10.1 Å². The summed E-state index contributed by atoms with van der Waals surface area (Å²) >= 11 is 0. The molecule has 2 N–H and O–H groups in total. The van der Waals surface area contributed by atoms with Crippen LogP contribution in [0.1, 0.15) is 36.9 Å². The number of carbonyl (C=O) groups is 1. The molecule has 2 atom stereocenters. The van der Waals surface area contributed by atoms with Gasteiger partial charge in [-0.25, -0.2) is 0 Å². The van der Waals surface area contributed by atoms with Crippen LogP contribution in [0, 0.1) is 18.3 Å². The summed E-state index contributed by atoms with van der Waals surface area (Å²) in [6.07, 6.45) is 1.25. The Balaban J connectivity index is 2.23. The molecule has 0 aromatic heterocycles. The van der Waals surface area contributed by atoms with Gasteiger partial charge in [-0.2, -0.15) is 5.26 Å². The van der Waals surface area contributed by atoms with Gasteiger partial charge in [0.2, 0.25) is 5.91 Å². The maximum absolute atomic E-state index is 12.0. The lowest BCUT2D eigenvalue weighted by atomic mass is 10.0. The van der Waals surface area contributed by atoms with Gasteiger partial charge in [0.25, 0.3) is 0 Å². The van der Waals surface area contributed by atoms with Crippen LogP contribution in [0.3, 0.4) is 0 Å². The van der Waals surface area contributed by atoms with E-state index in [9.17, 15) is 4.79 Å². The van der Waals surface area contributed by atoms with Crippen molar-refractivity contribution in [3.05, 3.63) is 29.3 Å². The van der Waals surface area contributed by atoms with Gasteiger partial charge in [0, 0.05) is 17.3 Å². The van der Waals surface area contributed by atoms with Crippen LogP contribution in [0.15, 0.2) is 18.2 Å². The molecule has 0 fully saturated rings. The Hall–Kier alpha value is -1.86. The molecule has 0 aliphatic carbocycles. The van der Waals surface area contributed by atoms with Crippen LogP contribution in [0.2, 0.25) is 0 Å². The minimum atomic E-state index is -0.335. The molecule has 2 unspecified atom stereocenters. The maximum Gasteiger partial charge on any atom is 0.246 e. The van der Waals surface area contributed by atoms with Gasteiger partial charge in [0.05, 0.1) is 12.5 Å². The van der Waals surface area contributed by atoms with E-state index in [1.54, 1.807) is 0 Å². The topological polar surface area (TPSA) is 64.9 Å². The Morgan fingerprint density at radius 1 is 1.56 bits per heavy atom. The summed E-state index contributed by atoms with van der Waals surface area (Å²) in [5.74, 6) is -0.0318. The van der Waals surface area contributed by atoms with Crippen LogP contribution in [-0.4, -0.2) is 11.9 Å². The highest BCUT2D eigenvalue weighted by molar-refractivity contribution is 6.03. The lowest BCUT2D eigenvalue weighted by molar-refractivity contribution is -0.117. The Bertz CT molecular complexity index is 504. The number of amides is 1. The predicted octanol–water partition coefficient (Wildman–Crippen LogP) is 2.27. The minimum absolute atomic E-state index is 0.0318. The number of nitriles is 1. The third-order valence-corrected chi connectivity index (χ3v) is 3.36. The van der Waals surface area contributed by atoms with Crippen molar-refractivity contribution in [2.75, 3.05) is 5.32 Å². The number of benzene rings is 1. The smallest absolute Gasteiger partial charge is 0.246 e. The first-order chi connectivity index (χ1) is 8.67. The number of hydrogen-bond donors (Lipinski definition) is 2. The Morgan fingerprint density at radius 3 is 3.00 bits per heavy atom. The molecule has 0 saturated heterocycles. The molecule has 4 heteroatoms. The summed E-state index contributed by atoms with van der Waals surface area (Å²) in [5, 5.41) is 14.9. The summed E-state index contributed by atoms with van der Waals surface area (Å²) in [6.45, 7) is 3.99. The molecule has 1 aliphatic heterocycles. The third kappa shape index (κ3) is 2.22. The van der Waals surface area contributed by atoms with Crippen molar-refractivity contribution in [1.29, 1.82) is 5.26 Å². The summed E-state index contributed by atoms with van der Waals surface area (Å²) in [4.78, 5) is 12.0. The van der Waals surface area contributed by atoms with Crippen LogP contribution in [0.5, 0.6) is 0 Å². The van der Waals surface area contributed by atoms with Crippen molar-refractivity contribution >= 4 is 11.6 Å². The zero-order chi connectivity index (χ0) is 13.1. The molecule has 1 aliphatic rings. The number of aryl methyl sites for hydroxylation is 1. The van der Waals surface area contributed by atoms with Crippen LogP contribution in [-0.2, 0) is 4.79 Å². The van der Waals surface area contributed by atoms with Crippen molar-refractivity contribution in [3.8, 4) is 6.07 Å². The fraction of sp³-hybridized carbons (Fsp3) is 0.429. The number of carbonyl (C=O) groups excluding carboxylic acids is 1. The SMILES string of the molecule is CCC(CC#N)NC1C(=O)Nc2c(C)cccc21. The number of nitrogens with zero attached hydrogens (tertiary/aromatic N) is 1. The van der Waals surface area contributed by atoms with Gasteiger partial charge in [-0.05, 0) is 18.9 Å². The fourth-order valence-electron chi connectivity index (χ4n) is 2.27. The molecule has 1 amide bonds. The second kappa shape index (κ2) is 5.19. The first kappa shape index (κ1) is 12.6. The van der Waals surface area contributed by atoms with E-state index in [-0.39, 0.29) is 18.0 Å². The van der Waals surface area contributed by atoms with E-state index in [2.05, 4.69) is 16.7 Å². The Labute approximate surface area is 107 Å². The quantitative estimate of drug-likeness (QED) is 0.852. The summed E-state index contributed by atoms with van der Waals surface area (Å²) in [6, 6.07) is 7.75. The molecule has 1 aromatic rings. The molecule has 0 spiro atoms. The second-order valence-corrected chi connectivity index (χ2v) is 4.60. The van der Waals surface area contributed by atoms with Crippen molar-refractivity contribution in [2.24, 2.45) is 0 Å². The first-order valence-corrected chi connectivity index (χ1v) is 6.20. The number of para-hydroxylation sites is 1. The van der Waals surface area contributed by atoms with Crippen molar-refractivity contribution < 1.29 is 4.79 Å². The average Bonchev–Trinajstić information content (AvgIpc) is 2.67. The third-order valence-electron chi connectivity index (χ3n) is 3.36. The molecule has 94 valence electrons. The van der Waals surface area contributed by atoms with E-state index in [0.29, 0.717) is 6.42 Å². The second-order valence-electron chi connectivity index (χ2n) is 4.60. The van der Waals surface area contributed by atoms with Crippen molar-refractivity contribution in [3.63, 3.8) is 0 Å². The highest BCUT2D eigenvalue weighted by Gasteiger charge is 2.32. The normalized spacial score (nSPS) is 18.9. The Morgan fingerprint density at radius 2 is 2.33 bits per heavy atom. The fourth-order valence-corrected chi connectivity index (χ4v) is 2.27. The van der Waals surface area contributed by atoms with E-state index >= 15 is 0 Å². The van der Waals surface area contributed by atoms with Gasteiger partial charge < -0.3 is 5.32 Å². The van der Waals surface area contributed by atoms with Crippen molar-refractivity contribution in [1.82, 2.24) is 5.32 Å². The lowest BCUT2D eigenvalue weighted by Gasteiger charge is -2.18. The molecule has 0 bridgehead atoms. The average molecular weight is 243 g/mol. The van der Waals surface area contributed by atoms with Gasteiger partial charge in [0.1, 0.15) is 6.04 Å². The molecule has 1 heterocycles. The van der Waals surface area contributed by atoms with E-state index in [1.807, 2.05) is 32.0 Å². The van der Waals surface area contributed by atoms with Crippen LogP contribution in [0.25, 0.3) is 0 Å². The van der Waals surface area contributed by atoms with E-state index in [4.69, 9.17) is 5.26 Å². The summed E-state index contributed by atoms with van der Waals surface area (Å²) < 4.78 is 0. The summed E-state index contributed by atoms with van der Waals surface area (Å²) in [5.41, 5.74) is 2.96. The van der Waals surface area contributed by atoms with Gasteiger partial charge in [0.15, 0.2) is 0 Å². The van der Waals surface area contributed by atoms with Crippen LogP contribution >= 0.6 is 0 Å². The summed E-state index contributed by atoms with van der Waals surface area (Å²) in [7, 11) is 0. The van der Waals surface area contributed by atoms with Gasteiger partial charge in [-0.1, -0.05) is 25.1 Å². The number of fused-ring (bicyclic) bond motifs is 1. The highest BCUT2D eigenvalue weighted by atomic mass is 16.2. The molecule has 18 heavy (non-hydrogen) atoms. The molecule has 0 saturated carbocycles. The number of nitrogens with one attached hydrogen (secondary N) is 2. The van der Waals surface area contributed by atoms with Crippen molar-refractivity contribution in [2.45, 2.75) is 38.8 Å². The maximum atomic E-state index is 12.0. The zero-order valence-electron chi connectivity index (χ0n) is 10.7. The van der Waals surface area contributed by atoms with Crippen LogP contribution in [0.4, 0.5) is 5.69 Å². The van der Waals surface area contributed by atoms with Crippen LogP contribution < -0.4 is 10.6 Å². The molecular weight excluding hydrogens is 226 g/mol. The highest BCUT2D eigenvalue weighted by Crippen LogP contribution is 2.33. The molecule has 4 nitrogen and oxygen atoms in total. The molecule has 2 rings (SSSR count). The number of anilines is 1. The lowest BCUT2D eigenvalue weighted by Crippen LogP contribution is -2.35. The predicted molar refractivity (Wildman–Crippen MR) is 70.0 cm³/mol. The van der Waals surface area contributed by atoms with Gasteiger partial charge >= 0.3 is 0 Å². The van der Waals surface area contributed by atoms with Gasteiger partial charge in [-0.15, -0.1) is 0 Å². The number of hydrogen-bond acceptors (Lipinski definition) is 3. The largest absolute Gasteiger partial charge is 0.324 e. The number of rotatable bonds is 4. The van der Waals surface area contributed by atoms with E-state index < -0.39 is 0 Å². The molecular formula is C14H17N3O. The standard InChI is InChI=1S/C14H17N3O/c1-3-10(7-8-15)16-13-11-6-4-5-9(2)12(11)17-14(13)18/h4-6,10,13,16H,3,7H2,1-2H3,(H,17,18). The van der Waals surface area contributed by atoms with E-state index in [0.717, 1.165) is 23.2 Å². The monoisotopic (exact) mass is 243 g/mol. The Kier molecular flexibility index (Phi) is 3.63.